The fraction of sp³-hybridized carbons (Fsp3) is 0.917. The highest BCUT2D eigenvalue weighted by Gasteiger charge is 2.40. The maximum atomic E-state index is 12.0. The number of fused-ring (bicyclic) bond motifs is 2. The third-order valence-electron chi connectivity index (χ3n) is 4.17. The Morgan fingerprint density at radius 2 is 2.19 bits per heavy atom. The van der Waals surface area contributed by atoms with Crippen LogP contribution < -0.4 is 0 Å². The molecule has 0 aromatic carbocycles. The Morgan fingerprint density at radius 1 is 1.44 bits per heavy atom. The van der Waals surface area contributed by atoms with E-state index < -0.39 is 16.8 Å². The van der Waals surface area contributed by atoms with Gasteiger partial charge in [-0.15, -0.1) is 0 Å². The minimum Gasteiger partial charge on any atom is -0.481 e. The molecule has 3 nitrogen and oxygen atoms in total. The minimum absolute atomic E-state index is 0.0351. The third-order valence-corrected chi connectivity index (χ3v) is 5.99. The highest BCUT2D eigenvalue weighted by atomic mass is 32.2. The smallest absolute Gasteiger partial charge is 0.304 e. The second-order valence-corrected chi connectivity index (χ2v) is 7.29. The van der Waals surface area contributed by atoms with Gasteiger partial charge in [-0.25, -0.2) is 0 Å². The van der Waals surface area contributed by atoms with Crippen molar-refractivity contribution in [2.75, 3.05) is 5.75 Å². The summed E-state index contributed by atoms with van der Waals surface area (Å²) in [7, 11) is -0.958. The lowest BCUT2D eigenvalue weighted by Crippen LogP contribution is -2.24. The number of carboxylic acid groups (broad SMARTS) is 1. The van der Waals surface area contributed by atoms with Gasteiger partial charge in [0.15, 0.2) is 0 Å². The Kier molecular flexibility index (Phi) is 3.67. The van der Waals surface area contributed by atoms with E-state index in [0.717, 1.165) is 17.6 Å². The summed E-state index contributed by atoms with van der Waals surface area (Å²) >= 11 is 0. The van der Waals surface area contributed by atoms with E-state index in [9.17, 15) is 9.00 Å². The van der Waals surface area contributed by atoms with Crippen molar-refractivity contribution >= 4 is 16.8 Å². The van der Waals surface area contributed by atoms with Crippen LogP contribution in [0.4, 0.5) is 0 Å². The zero-order valence-electron chi connectivity index (χ0n) is 9.72. The summed E-state index contributed by atoms with van der Waals surface area (Å²) in [5.74, 6) is 2.16. The van der Waals surface area contributed by atoms with Crippen LogP contribution in [0.1, 0.15) is 39.0 Å². The monoisotopic (exact) mass is 244 g/mol. The normalized spacial score (nSPS) is 36.2. The SMILES string of the molecule is CC(CC(=O)O)S(=O)CC1CC2CCC1C2. The number of rotatable bonds is 5. The topological polar surface area (TPSA) is 54.4 Å². The first-order chi connectivity index (χ1) is 7.56. The van der Waals surface area contributed by atoms with E-state index in [1.807, 2.05) is 0 Å². The summed E-state index contributed by atoms with van der Waals surface area (Å²) in [6.07, 6.45) is 5.26. The van der Waals surface area contributed by atoms with Crippen LogP contribution in [0.2, 0.25) is 0 Å². The predicted octanol–water partition coefficient (Wildman–Crippen LogP) is 2.03. The molecule has 0 amide bonds. The van der Waals surface area contributed by atoms with E-state index in [1.54, 1.807) is 6.92 Å². The summed E-state index contributed by atoms with van der Waals surface area (Å²) in [6, 6.07) is 0. The molecule has 4 heteroatoms. The minimum atomic E-state index is -0.958. The fourth-order valence-corrected chi connectivity index (χ4v) is 4.78. The molecule has 0 aliphatic heterocycles. The molecule has 2 aliphatic carbocycles. The average molecular weight is 244 g/mol. The number of carbonyl (C=O) groups is 1. The average Bonchev–Trinajstić information content (AvgIpc) is 2.77. The lowest BCUT2D eigenvalue weighted by Gasteiger charge is -2.22. The molecule has 0 heterocycles. The van der Waals surface area contributed by atoms with Crippen molar-refractivity contribution in [2.45, 2.75) is 44.3 Å². The van der Waals surface area contributed by atoms with Crippen molar-refractivity contribution in [1.82, 2.24) is 0 Å². The van der Waals surface area contributed by atoms with Crippen LogP contribution in [-0.4, -0.2) is 26.3 Å². The molecule has 0 aromatic heterocycles. The Hall–Kier alpha value is -0.380. The highest BCUT2D eigenvalue weighted by molar-refractivity contribution is 7.85. The molecular formula is C12H20O3S. The van der Waals surface area contributed by atoms with Gasteiger partial charge in [-0.1, -0.05) is 13.3 Å². The van der Waals surface area contributed by atoms with Crippen LogP contribution in [0, 0.1) is 17.8 Å². The summed E-state index contributed by atoms with van der Waals surface area (Å²) in [5, 5.41) is 8.47. The van der Waals surface area contributed by atoms with Crippen LogP contribution in [0.5, 0.6) is 0 Å². The van der Waals surface area contributed by atoms with Gasteiger partial charge in [-0.2, -0.15) is 0 Å². The molecule has 2 fully saturated rings. The van der Waals surface area contributed by atoms with Crippen LogP contribution >= 0.6 is 0 Å². The molecule has 1 N–H and O–H groups in total. The zero-order valence-corrected chi connectivity index (χ0v) is 10.5. The summed E-state index contributed by atoms with van der Waals surface area (Å²) < 4.78 is 12.0. The Labute approximate surface area is 99.1 Å². The van der Waals surface area contributed by atoms with Crippen molar-refractivity contribution in [1.29, 1.82) is 0 Å². The van der Waals surface area contributed by atoms with Gasteiger partial charge in [-0.05, 0) is 37.0 Å². The highest BCUT2D eigenvalue weighted by Crippen LogP contribution is 2.48. The van der Waals surface area contributed by atoms with Gasteiger partial charge in [0.25, 0.3) is 0 Å². The van der Waals surface area contributed by atoms with Crippen LogP contribution in [0.25, 0.3) is 0 Å². The van der Waals surface area contributed by atoms with E-state index in [0.29, 0.717) is 5.92 Å². The number of carboxylic acids is 1. The van der Waals surface area contributed by atoms with Crippen LogP contribution in [0.3, 0.4) is 0 Å². The first-order valence-corrected chi connectivity index (χ1v) is 7.53. The zero-order chi connectivity index (χ0) is 11.7. The van der Waals surface area contributed by atoms with Gasteiger partial charge < -0.3 is 5.11 Å². The largest absolute Gasteiger partial charge is 0.481 e. The van der Waals surface area contributed by atoms with E-state index in [4.69, 9.17) is 5.11 Å². The van der Waals surface area contributed by atoms with Gasteiger partial charge in [0, 0.05) is 21.8 Å². The maximum Gasteiger partial charge on any atom is 0.304 e. The Balaban J connectivity index is 1.81. The molecule has 0 spiro atoms. The van der Waals surface area contributed by atoms with E-state index in [-0.39, 0.29) is 11.7 Å². The van der Waals surface area contributed by atoms with E-state index in [2.05, 4.69) is 0 Å². The molecule has 5 unspecified atom stereocenters. The molecule has 5 atom stereocenters. The lowest BCUT2D eigenvalue weighted by atomic mass is 9.90. The molecule has 2 bridgehead atoms. The molecule has 92 valence electrons. The van der Waals surface area contributed by atoms with E-state index >= 15 is 0 Å². The van der Waals surface area contributed by atoms with Gasteiger partial charge in [0.1, 0.15) is 0 Å². The molecular weight excluding hydrogens is 224 g/mol. The third kappa shape index (κ3) is 2.65. The van der Waals surface area contributed by atoms with Gasteiger partial charge in [0.05, 0.1) is 6.42 Å². The first kappa shape index (κ1) is 12.1. The lowest BCUT2D eigenvalue weighted by molar-refractivity contribution is -0.136. The molecule has 0 saturated heterocycles. The van der Waals surface area contributed by atoms with Gasteiger partial charge in [-0.3, -0.25) is 9.00 Å². The van der Waals surface area contributed by atoms with Crippen molar-refractivity contribution < 1.29 is 14.1 Å². The van der Waals surface area contributed by atoms with Crippen molar-refractivity contribution in [3.8, 4) is 0 Å². The van der Waals surface area contributed by atoms with Gasteiger partial charge in [0.2, 0.25) is 0 Å². The molecule has 2 aliphatic rings. The molecule has 16 heavy (non-hydrogen) atoms. The van der Waals surface area contributed by atoms with Gasteiger partial charge >= 0.3 is 5.97 Å². The standard InChI is InChI=1S/C12H20O3S/c1-8(4-12(13)14)16(15)7-11-6-9-2-3-10(11)5-9/h8-11H,2-7H2,1H3,(H,13,14). The number of hydrogen-bond donors (Lipinski definition) is 1. The van der Waals surface area contributed by atoms with E-state index in [1.165, 1.54) is 25.7 Å². The number of aliphatic carboxylic acids is 1. The summed E-state index contributed by atoms with van der Waals surface area (Å²) in [5.41, 5.74) is 0. The second-order valence-electron chi connectivity index (χ2n) is 5.39. The first-order valence-electron chi connectivity index (χ1n) is 6.15. The molecule has 2 saturated carbocycles. The molecule has 0 aromatic rings. The van der Waals surface area contributed by atoms with Crippen molar-refractivity contribution in [3.63, 3.8) is 0 Å². The van der Waals surface area contributed by atoms with Crippen LogP contribution in [0.15, 0.2) is 0 Å². The molecule has 2 rings (SSSR count). The number of hydrogen-bond acceptors (Lipinski definition) is 2. The van der Waals surface area contributed by atoms with Crippen molar-refractivity contribution in [3.05, 3.63) is 0 Å². The predicted molar refractivity (Wildman–Crippen MR) is 63.7 cm³/mol. The maximum absolute atomic E-state index is 12.0. The Morgan fingerprint density at radius 3 is 2.69 bits per heavy atom. The van der Waals surface area contributed by atoms with Crippen molar-refractivity contribution in [2.24, 2.45) is 17.8 Å². The second kappa shape index (κ2) is 4.86. The Bertz CT molecular complexity index is 303. The fourth-order valence-electron chi connectivity index (χ4n) is 3.29. The molecule has 0 radical (unpaired) electrons. The van der Waals surface area contributed by atoms with Crippen LogP contribution in [-0.2, 0) is 15.6 Å². The quantitative estimate of drug-likeness (QED) is 0.805. The summed E-state index contributed by atoms with van der Waals surface area (Å²) in [4.78, 5) is 10.5. The summed E-state index contributed by atoms with van der Waals surface area (Å²) in [6.45, 7) is 1.79.